The zero-order chi connectivity index (χ0) is 20.6. The fraction of sp³-hybridized carbons (Fsp3) is 0.167. The Bertz CT molecular complexity index is 954. The van der Waals surface area contributed by atoms with Crippen LogP contribution in [-0.2, 0) is 11.3 Å². The summed E-state index contributed by atoms with van der Waals surface area (Å²) in [7, 11) is 0. The van der Waals surface area contributed by atoms with Crippen molar-refractivity contribution in [3.05, 3.63) is 59.9 Å². The van der Waals surface area contributed by atoms with E-state index in [1.54, 1.807) is 42.5 Å². The van der Waals surface area contributed by atoms with Gasteiger partial charge in [0.15, 0.2) is 4.34 Å². The first-order valence-electron chi connectivity index (χ1n) is 8.28. The lowest BCUT2D eigenvalue weighted by Crippen LogP contribution is -2.24. The zero-order valence-corrected chi connectivity index (χ0v) is 17.2. The lowest BCUT2D eigenvalue weighted by atomic mass is 10.2. The van der Waals surface area contributed by atoms with E-state index in [9.17, 15) is 18.0 Å². The average Bonchev–Trinajstić information content (AvgIpc) is 3.14. The summed E-state index contributed by atoms with van der Waals surface area (Å²) in [5.74, 6) is -2.93. The van der Waals surface area contributed by atoms with Crippen LogP contribution in [0.2, 0.25) is 0 Å². The normalized spacial score (nSPS) is 10.9. The molecule has 0 unspecified atom stereocenters. The van der Waals surface area contributed by atoms with Crippen LogP contribution in [0, 0.1) is 5.82 Å². The van der Waals surface area contributed by atoms with Crippen molar-refractivity contribution in [1.82, 2.24) is 15.5 Å². The number of hydrogen-bond acceptors (Lipinski definition) is 7. The third kappa shape index (κ3) is 6.94. The van der Waals surface area contributed by atoms with Crippen LogP contribution in [0.5, 0.6) is 0 Å². The number of alkyl halides is 2. The number of aromatic nitrogens is 2. The Morgan fingerprint density at radius 2 is 1.86 bits per heavy atom. The molecule has 1 heterocycles. The van der Waals surface area contributed by atoms with Gasteiger partial charge in [-0.2, -0.15) is 8.78 Å². The second-order valence-corrected chi connectivity index (χ2v) is 8.82. The molecular formula is C18H15F3N4OS3. The molecule has 0 saturated heterocycles. The van der Waals surface area contributed by atoms with Crippen molar-refractivity contribution in [3.63, 3.8) is 0 Å². The molecule has 3 aromatic rings. The van der Waals surface area contributed by atoms with Crippen LogP contribution in [-0.4, -0.2) is 27.6 Å². The number of nitrogens with one attached hydrogen (secondary N) is 2. The van der Waals surface area contributed by atoms with E-state index < -0.39 is 5.76 Å². The van der Waals surface area contributed by atoms with Crippen LogP contribution in [0.25, 0.3) is 0 Å². The van der Waals surface area contributed by atoms with Crippen LogP contribution < -0.4 is 10.6 Å². The van der Waals surface area contributed by atoms with Gasteiger partial charge in [0, 0.05) is 22.7 Å². The molecule has 2 aromatic carbocycles. The summed E-state index contributed by atoms with van der Waals surface area (Å²) >= 11 is 2.97. The maximum Gasteiger partial charge on any atom is 0.288 e. The summed E-state index contributed by atoms with van der Waals surface area (Å²) in [5.41, 5.74) is 1.12. The van der Waals surface area contributed by atoms with E-state index in [0.717, 1.165) is 0 Å². The van der Waals surface area contributed by atoms with Crippen molar-refractivity contribution >= 4 is 51.6 Å². The molecule has 0 aliphatic carbocycles. The minimum atomic E-state index is -2.46. The maximum atomic E-state index is 13.5. The fourth-order valence-corrected chi connectivity index (χ4v) is 4.28. The topological polar surface area (TPSA) is 66.9 Å². The van der Waals surface area contributed by atoms with E-state index in [4.69, 9.17) is 0 Å². The summed E-state index contributed by atoms with van der Waals surface area (Å²) in [6, 6.07) is 12.8. The number of benzene rings is 2. The monoisotopic (exact) mass is 456 g/mol. The molecule has 0 saturated carbocycles. The van der Waals surface area contributed by atoms with E-state index in [0.29, 0.717) is 37.4 Å². The highest BCUT2D eigenvalue weighted by atomic mass is 32.2. The number of amides is 1. The fourth-order valence-electron chi connectivity index (χ4n) is 2.18. The third-order valence-corrected chi connectivity index (χ3v) is 6.19. The first-order chi connectivity index (χ1) is 14.0. The predicted octanol–water partition coefficient (Wildman–Crippen LogP) is 5.14. The number of nitrogens with zero attached hydrogens (tertiary/aromatic N) is 2. The van der Waals surface area contributed by atoms with Crippen molar-refractivity contribution in [2.75, 3.05) is 11.1 Å². The Balaban J connectivity index is 1.45. The zero-order valence-electron chi connectivity index (χ0n) is 14.8. The summed E-state index contributed by atoms with van der Waals surface area (Å²) in [6.45, 7) is 0.120. The van der Waals surface area contributed by atoms with Crippen molar-refractivity contribution in [3.8, 4) is 0 Å². The molecule has 5 nitrogen and oxygen atoms in total. The third-order valence-electron chi connectivity index (χ3n) is 3.50. The molecular weight excluding hydrogens is 441 g/mol. The standard InChI is InChI=1S/C18H15F3N4OS3/c19-14-4-2-1-3-11(14)9-22-15(26)10-27-18-25-24-17(29-18)23-12-5-7-13(8-6-12)28-16(20)21/h1-8,16H,9-10H2,(H,22,26)(H,23,24). The number of thioether (sulfide) groups is 2. The van der Waals surface area contributed by atoms with Gasteiger partial charge >= 0.3 is 0 Å². The van der Waals surface area contributed by atoms with E-state index in [1.165, 1.54) is 29.2 Å². The van der Waals surface area contributed by atoms with Crippen LogP contribution >= 0.6 is 34.9 Å². The molecule has 0 fully saturated rings. The number of halogens is 3. The van der Waals surface area contributed by atoms with Gasteiger partial charge in [-0.1, -0.05) is 53.1 Å². The van der Waals surface area contributed by atoms with Crippen LogP contribution in [0.1, 0.15) is 5.56 Å². The molecule has 0 spiro atoms. The quantitative estimate of drug-likeness (QED) is 0.435. The lowest BCUT2D eigenvalue weighted by molar-refractivity contribution is -0.118. The van der Waals surface area contributed by atoms with E-state index >= 15 is 0 Å². The summed E-state index contributed by atoms with van der Waals surface area (Å²) in [4.78, 5) is 12.4. The second kappa shape index (κ2) is 10.5. The van der Waals surface area contributed by atoms with Crippen molar-refractivity contribution in [2.24, 2.45) is 0 Å². The number of rotatable bonds is 9. The molecule has 0 aliphatic rings. The van der Waals surface area contributed by atoms with Gasteiger partial charge in [-0.25, -0.2) is 4.39 Å². The van der Waals surface area contributed by atoms with Gasteiger partial charge in [-0.3, -0.25) is 4.79 Å². The highest BCUT2D eigenvalue weighted by Gasteiger charge is 2.10. The van der Waals surface area contributed by atoms with Gasteiger partial charge in [-0.15, -0.1) is 10.2 Å². The molecule has 1 aromatic heterocycles. The molecule has 0 atom stereocenters. The van der Waals surface area contributed by atoms with Gasteiger partial charge in [0.25, 0.3) is 5.76 Å². The van der Waals surface area contributed by atoms with Gasteiger partial charge in [0.2, 0.25) is 11.0 Å². The van der Waals surface area contributed by atoms with Crippen molar-refractivity contribution < 1.29 is 18.0 Å². The Morgan fingerprint density at radius 3 is 2.59 bits per heavy atom. The summed E-state index contributed by atoms with van der Waals surface area (Å²) in [6.07, 6.45) is 0. The number of carbonyl (C=O) groups excluding carboxylic acids is 1. The minimum absolute atomic E-state index is 0.120. The molecule has 0 aliphatic heterocycles. The first kappa shape index (κ1) is 21.5. The van der Waals surface area contributed by atoms with E-state index in [1.807, 2.05) is 0 Å². The second-order valence-electron chi connectivity index (χ2n) is 5.56. The molecule has 2 N–H and O–H groups in total. The maximum absolute atomic E-state index is 13.5. The SMILES string of the molecule is O=C(CSc1nnc(Nc2ccc(SC(F)F)cc2)s1)NCc1ccccc1F. The van der Waals surface area contributed by atoms with Crippen LogP contribution in [0.15, 0.2) is 57.8 Å². The van der Waals surface area contributed by atoms with Crippen molar-refractivity contribution in [2.45, 2.75) is 21.5 Å². The Labute approximate surface area is 177 Å². The molecule has 11 heteroatoms. The highest BCUT2D eigenvalue weighted by Crippen LogP contribution is 2.29. The lowest BCUT2D eigenvalue weighted by Gasteiger charge is -2.05. The molecule has 29 heavy (non-hydrogen) atoms. The Morgan fingerprint density at radius 1 is 1.10 bits per heavy atom. The number of anilines is 2. The minimum Gasteiger partial charge on any atom is -0.351 e. The number of hydrogen-bond donors (Lipinski definition) is 2. The first-order valence-corrected chi connectivity index (χ1v) is 11.0. The van der Waals surface area contributed by atoms with E-state index in [-0.39, 0.29) is 24.0 Å². The van der Waals surface area contributed by atoms with Gasteiger partial charge in [0.1, 0.15) is 5.82 Å². The molecule has 152 valence electrons. The molecule has 0 bridgehead atoms. The summed E-state index contributed by atoms with van der Waals surface area (Å²) in [5, 5.41) is 14.2. The predicted molar refractivity (Wildman–Crippen MR) is 110 cm³/mol. The van der Waals surface area contributed by atoms with Gasteiger partial charge in [0.05, 0.1) is 5.75 Å². The number of carbonyl (C=O) groups is 1. The van der Waals surface area contributed by atoms with Gasteiger partial charge < -0.3 is 10.6 Å². The largest absolute Gasteiger partial charge is 0.351 e. The van der Waals surface area contributed by atoms with Crippen molar-refractivity contribution in [1.29, 1.82) is 0 Å². The van der Waals surface area contributed by atoms with E-state index in [2.05, 4.69) is 20.8 Å². The molecule has 3 rings (SSSR count). The molecule has 1 amide bonds. The Kier molecular flexibility index (Phi) is 7.78. The van der Waals surface area contributed by atoms with Gasteiger partial charge in [-0.05, 0) is 30.3 Å². The highest BCUT2D eigenvalue weighted by molar-refractivity contribution is 8.01. The van der Waals surface area contributed by atoms with Crippen LogP contribution in [0.3, 0.4) is 0 Å². The average molecular weight is 457 g/mol. The Hall–Kier alpha value is -2.24. The molecule has 0 radical (unpaired) electrons. The van der Waals surface area contributed by atoms with Crippen LogP contribution in [0.4, 0.5) is 24.0 Å². The summed E-state index contributed by atoms with van der Waals surface area (Å²) < 4.78 is 38.8. The smallest absolute Gasteiger partial charge is 0.288 e.